The van der Waals surface area contributed by atoms with Gasteiger partial charge in [-0.25, -0.2) is 5.06 Å². The van der Waals surface area contributed by atoms with Crippen LogP contribution >= 0.6 is 0 Å². The fraction of sp³-hybridized carbons (Fsp3) is 0.250. The molecule has 0 spiro atoms. The van der Waals surface area contributed by atoms with Gasteiger partial charge in [0.1, 0.15) is 0 Å². The molecule has 0 bridgehead atoms. The third-order valence-electron chi connectivity index (χ3n) is 2.59. The number of aryl methyl sites for hydroxylation is 1. The number of hydrogen-bond acceptors (Lipinski definition) is 2. The van der Waals surface area contributed by atoms with Crippen molar-refractivity contribution >= 4 is 5.69 Å². The van der Waals surface area contributed by atoms with E-state index in [4.69, 9.17) is 4.84 Å². The van der Waals surface area contributed by atoms with Crippen LogP contribution in [0, 0.1) is 6.92 Å². The van der Waals surface area contributed by atoms with Gasteiger partial charge in [-0.05, 0) is 31.1 Å². The van der Waals surface area contributed by atoms with Gasteiger partial charge in [-0.2, -0.15) is 0 Å². The lowest BCUT2D eigenvalue weighted by Gasteiger charge is -2.23. The molecule has 0 aliphatic carbocycles. The normalized spacial score (nSPS) is 11.3. The summed E-state index contributed by atoms with van der Waals surface area (Å²) in [4.78, 5) is 5.41. The summed E-state index contributed by atoms with van der Waals surface area (Å²) in [5.74, 6) is 0. The van der Waals surface area contributed by atoms with Crippen LogP contribution in [-0.2, 0) is 4.84 Å². The molecule has 0 heterocycles. The summed E-state index contributed by atoms with van der Waals surface area (Å²) in [6, 6.07) is 8.14. The van der Waals surface area contributed by atoms with E-state index >= 15 is 0 Å². The van der Waals surface area contributed by atoms with Crippen molar-refractivity contribution in [1.82, 2.24) is 0 Å². The van der Waals surface area contributed by atoms with E-state index in [0.29, 0.717) is 6.54 Å². The predicted octanol–water partition coefficient (Wildman–Crippen LogP) is 4.05. The summed E-state index contributed by atoms with van der Waals surface area (Å²) in [5.41, 5.74) is 3.25. The topological polar surface area (TPSA) is 12.5 Å². The lowest BCUT2D eigenvalue weighted by Crippen LogP contribution is -2.24. The van der Waals surface area contributed by atoms with E-state index in [9.17, 15) is 0 Å². The van der Waals surface area contributed by atoms with Crippen LogP contribution in [0.2, 0.25) is 0 Å². The van der Waals surface area contributed by atoms with Crippen molar-refractivity contribution in [3.8, 4) is 0 Å². The first kappa shape index (κ1) is 14.3. The second-order valence-corrected chi connectivity index (χ2v) is 4.05. The molecule has 0 unspecified atom stereocenters. The van der Waals surface area contributed by atoms with Crippen molar-refractivity contribution in [2.24, 2.45) is 0 Å². The number of allylic oxidation sites excluding steroid dienone is 3. The molecule has 0 saturated carbocycles. The summed E-state index contributed by atoms with van der Waals surface area (Å²) in [6.07, 6.45) is 7.94. The van der Waals surface area contributed by atoms with Crippen molar-refractivity contribution in [2.75, 3.05) is 18.7 Å². The van der Waals surface area contributed by atoms with Crippen molar-refractivity contribution < 1.29 is 4.84 Å². The van der Waals surface area contributed by atoms with Gasteiger partial charge in [0, 0.05) is 0 Å². The van der Waals surface area contributed by atoms with Crippen LogP contribution in [0.5, 0.6) is 0 Å². The van der Waals surface area contributed by atoms with Crippen LogP contribution in [0.25, 0.3) is 0 Å². The third-order valence-corrected chi connectivity index (χ3v) is 2.59. The predicted molar refractivity (Wildman–Crippen MR) is 78.6 cm³/mol. The monoisotopic (exact) mass is 243 g/mol. The van der Waals surface area contributed by atoms with Crippen molar-refractivity contribution in [2.45, 2.75) is 13.8 Å². The van der Waals surface area contributed by atoms with E-state index in [1.165, 1.54) is 5.56 Å². The molecule has 0 radical (unpaired) electrons. The van der Waals surface area contributed by atoms with Crippen LogP contribution < -0.4 is 5.06 Å². The highest BCUT2D eigenvalue weighted by Gasteiger charge is 2.08. The zero-order chi connectivity index (χ0) is 13.4. The first-order valence-electron chi connectivity index (χ1n) is 6.03. The van der Waals surface area contributed by atoms with Gasteiger partial charge < -0.3 is 0 Å². The fourth-order valence-electron chi connectivity index (χ4n) is 1.63. The standard InChI is InChI=1S/C16H21NO/c1-5-6-7-10-14(2)13-17(18-4)16-12-9-8-11-15(16)3/h5-12H,2,13H2,1,3-4H3/b6-5-,10-7-. The van der Waals surface area contributed by atoms with Crippen molar-refractivity contribution in [3.63, 3.8) is 0 Å². The van der Waals surface area contributed by atoms with E-state index in [-0.39, 0.29) is 0 Å². The molecule has 0 aromatic heterocycles. The molecule has 0 amide bonds. The minimum atomic E-state index is 0.648. The van der Waals surface area contributed by atoms with Crippen molar-refractivity contribution in [3.05, 3.63) is 66.3 Å². The maximum absolute atomic E-state index is 5.41. The van der Waals surface area contributed by atoms with Crippen LogP contribution in [0.3, 0.4) is 0 Å². The lowest BCUT2D eigenvalue weighted by atomic mass is 10.2. The summed E-state index contributed by atoms with van der Waals surface area (Å²) in [7, 11) is 1.68. The van der Waals surface area contributed by atoms with Gasteiger partial charge in [-0.15, -0.1) is 0 Å². The highest BCUT2D eigenvalue weighted by atomic mass is 16.7. The maximum Gasteiger partial charge on any atom is 0.0700 e. The molecule has 2 heteroatoms. The van der Waals surface area contributed by atoms with E-state index in [1.807, 2.05) is 54.5 Å². The molecular formula is C16H21NO. The summed E-state index contributed by atoms with van der Waals surface area (Å²) in [6.45, 7) is 8.73. The summed E-state index contributed by atoms with van der Waals surface area (Å²) < 4.78 is 0. The number of anilines is 1. The number of hydrogen-bond donors (Lipinski definition) is 0. The second-order valence-electron chi connectivity index (χ2n) is 4.05. The first-order valence-corrected chi connectivity index (χ1v) is 6.03. The number of benzene rings is 1. The molecule has 1 aromatic rings. The molecule has 1 rings (SSSR count). The Kier molecular flexibility index (Phi) is 5.95. The van der Waals surface area contributed by atoms with Gasteiger partial charge in [-0.3, -0.25) is 4.84 Å². The Morgan fingerprint density at radius 1 is 1.33 bits per heavy atom. The SMILES string of the molecule is C=C(/C=C\C=C/C)CN(OC)c1ccccc1C. The van der Waals surface area contributed by atoms with Gasteiger partial charge in [0.15, 0.2) is 0 Å². The number of nitrogens with zero attached hydrogens (tertiary/aromatic N) is 1. The maximum atomic E-state index is 5.41. The van der Waals surface area contributed by atoms with Crippen LogP contribution in [-0.4, -0.2) is 13.7 Å². The smallest absolute Gasteiger partial charge is 0.0700 e. The Balaban J connectivity index is 2.74. The Bertz CT molecular complexity index is 446. The minimum Gasteiger partial charge on any atom is -0.276 e. The number of rotatable bonds is 6. The molecule has 0 aliphatic heterocycles. The van der Waals surface area contributed by atoms with Crippen molar-refractivity contribution in [1.29, 1.82) is 0 Å². The average Bonchev–Trinajstić information content (AvgIpc) is 2.37. The lowest BCUT2D eigenvalue weighted by molar-refractivity contribution is 0.173. The molecule has 0 atom stereocenters. The largest absolute Gasteiger partial charge is 0.276 e. The summed E-state index contributed by atoms with van der Waals surface area (Å²) in [5, 5.41) is 1.84. The van der Waals surface area contributed by atoms with Gasteiger partial charge >= 0.3 is 0 Å². The van der Waals surface area contributed by atoms with Crippen LogP contribution in [0.4, 0.5) is 5.69 Å². The van der Waals surface area contributed by atoms with E-state index in [2.05, 4.69) is 19.6 Å². The van der Waals surface area contributed by atoms with E-state index in [1.54, 1.807) is 7.11 Å². The van der Waals surface area contributed by atoms with E-state index in [0.717, 1.165) is 11.3 Å². The molecule has 0 saturated heterocycles. The highest BCUT2D eigenvalue weighted by Crippen LogP contribution is 2.20. The summed E-state index contributed by atoms with van der Waals surface area (Å²) >= 11 is 0. The molecule has 0 N–H and O–H groups in total. The first-order chi connectivity index (χ1) is 8.69. The Hall–Kier alpha value is -1.80. The molecule has 1 aromatic carbocycles. The van der Waals surface area contributed by atoms with Gasteiger partial charge in [-0.1, -0.05) is 49.1 Å². The fourth-order valence-corrected chi connectivity index (χ4v) is 1.63. The Morgan fingerprint density at radius 2 is 2.06 bits per heavy atom. The number of hydroxylamine groups is 1. The molecule has 2 nitrogen and oxygen atoms in total. The quantitative estimate of drug-likeness (QED) is 0.552. The van der Waals surface area contributed by atoms with Gasteiger partial charge in [0.05, 0.1) is 19.3 Å². The molecule has 0 fully saturated rings. The molecule has 18 heavy (non-hydrogen) atoms. The van der Waals surface area contributed by atoms with Crippen LogP contribution in [0.1, 0.15) is 12.5 Å². The van der Waals surface area contributed by atoms with Crippen LogP contribution in [0.15, 0.2) is 60.7 Å². The number of para-hydroxylation sites is 1. The molecule has 96 valence electrons. The second kappa shape index (κ2) is 7.51. The highest BCUT2D eigenvalue weighted by molar-refractivity contribution is 5.52. The minimum absolute atomic E-state index is 0.648. The third kappa shape index (κ3) is 4.22. The average molecular weight is 243 g/mol. The molecule has 0 aliphatic rings. The zero-order valence-corrected chi connectivity index (χ0v) is 11.4. The molecular weight excluding hydrogens is 222 g/mol. The van der Waals surface area contributed by atoms with Gasteiger partial charge in [0.2, 0.25) is 0 Å². The zero-order valence-electron chi connectivity index (χ0n) is 11.4. The van der Waals surface area contributed by atoms with Gasteiger partial charge in [0.25, 0.3) is 0 Å². The Morgan fingerprint density at radius 3 is 2.67 bits per heavy atom. The van der Waals surface area contributed by atoms with E-state index < -0.39 is 0 Å². The Labute approximate surface area is 110 Å².